The van der Waals surface area contributed by atoms with Gasteiger partial charge in [-0.2, -0.15) is 0 Å². The minimum Gasteiger partial charge on any atom is -0.392 e. The van der Waals surface area contributed by atoms with Crippen LogP contribution in [-0.2, 0) is 6.61 Å². The molecule has 1 fully saturated rings. The lowest BCUT2D eigenvalue weighted by Crippen LogP contribution is -2.29. The fraction of sp³-hybridized carbons (Fsp3) is 0.471. The molecule has 2 heterocycles. The summed E-state index contributed by atoms with van der Waals surface area (Å²) >= 11 is 0. The molecule has 1 aromatic heterocycles. The van der Waals surface area contributed by atoms with Gasteiger partial charge in [-0.1, -0.05) is 37.5 Å². The molecule has 0 spiro atoms. The second kappa shape index (κ2) is 6.23. The number of benzene rings is 1. The summed E-state index contributed by atoms with van der Waals surface area (Å²) in [7, 11) is 0. The van der Waals surface area contributed by atoms with Gasteiger partial charge in [0, 0.05) is 24.0 Å². The summed E-state index contributed by atoms with van der Waals surface area (Å²) in [6.07, 6.45) is 6.40. The number of aliphatic hydroxyl groups is 1. The summed E-state index contributed by atoms with van der Waals surface area (Å²) in [6.45, 7) is 2.17. The lowest BCUT2D eigenvalue weighted by Gasteiger charge is -2.27. The van der Waals surface area contributed by atoms with E-state index in [1.807, 2.05) is 18.2 Å². The topological polar surface area (TPSA) is 36.4 Å². The number of hydrogen-bond acceptors (Lipinski definition) is 3. The van der Waals surface area contributed by atoms with E-state index in [4.69, 9.17) is 4.98 Å². The van der Waals surface area contributed by atoms with E-state index < -0.39 is 0 Å². The highest BCUT2D eigenvalue weighted by molar-refractivity contribution is 5.81. The van der Waals surface area contributed by atoms with Crippen LogP contribution in [0, 0.1) is 0 Å². The first-order valence-corrected chi connectivity index (χ1v) is 7.63. The molecule has 3 heteroatoms. The van der Waals surface area contributed by atoms with Gasteiger partial charge < -0.3 is 10.0 Å². The van der Waals surface area contributed by atoms with Gasteiger partial charge in [0.05, 0.1) is 12.1 Å². The van der Waals surface area contributed by atoms with Crippen molar-refractivity contribution in [2.75, 3.05) is 18.0 Å². The molecule has 1 aromatic carbocycles. The molecule has 0 aliphatic carbocycles. The zero-order valence-corrected chi connectivity index (χ0v) is 11.9. The van der Waals surface area contributed by atoms with Gasteiger partial charge in [0.25, 0.3) is 0 Å². The Hall–Kier alpha value is -1.61. The molecule has 1 aliphatic heterocycles. The van der Waals surface area contributed by atoms with Crippen LogP contribution in [0.5, 0.6) is 0 Å². The van der Waals surface area contributed by atoms with Crippen LogP contribution in [0.1, 0.15) is 37.7 Å². The number of hydrogen-bond donors (Lipinski definition) is 1. The van der Waals surface area contributed by atoms with Crippen molar-refractivity contribution in [2.24, 2.45) is 0 Å². The highest BCUT2D eigenvalue weighted by Crippen LogP contribution is 2.25. The van der Waals surface area contributed by atoms with Crippen LogP contribution in [0.15, 0.2) is 30.3 Å². The molecule has 2 aromatic rings. The van der Waals surface area contributed by atoms with Crippen molar-refractivity contribution in [3.8, 4) is 0 Å². The number of aromatic nitrogens is 1. The Morgan fingerprint density at radius 3 is 2.45 bits per heavy atom. The van der Waals surface area contributed by atoms with E-state index in [2.05, 4.69) is 17.0 Å². The standard InChI is InChI=1S/C17H22N2O/c20-13-15-12-14-8-4-5-9-16(14)18-17(15)19-10-6-2-1-3-7-11-19/h4-5,8-9,12,20H,1-3,6-7,10-11,13H2. The van der Waals surface area contributed by atoms with Crippen LogP contribution >= 0.6 is 0 Å². The molecule has 0 bridgehead atoms. The first-order valence-electron chi connectivity index (χ1n) is 7.63. The molecule has 0 unspecified atom stereocenters. The minimum absolute atomic E-state index is 0.0592. The molecule has 1 N–H and O–H groups in total. The summed E-state index contributed by atoms with van der Waals surface area (Å²) in [5.74, 6) is 0.980. The van der Waals surface area contributed by atoms with E-state index in [-0.39, 0.29) is 6.61 Å². The molecule has 1 aliphatic rings. The summed E-state index contributed by atoms with van der Waals surface area (Å²) in [5.41, 5.74) is 1.96. The van der Waals surface area contributed by atoms with Crippen LogP contribution in [-0.4, -0.2) is 23.2 Å². The third kappa shape index (κ3) is 2.78. The van der Waals surface area contributed by atoms with Crippen molar-refractivity contribution in [3.63, 3.8) is 0 Å². The normalized spacial score (nSPS) is 16.9. The lowest BCUT2D eigenvalue weighted by molar-refractivity contribution is 0.281. The summed E-state index contributed by atoms with van der Waals surface area (Å²) in [5, 5.41) is 10.8. The van der Waals surface area contributed by atoms with E-state index in [1.165, 1.54) is 32.1 Å². The van der Waals surface area contributed by atoms with Gasteiger partial charge in [0.2, 0.25) is 0 Å². The second-order valence-corrected chi connectivity index (χ2v) is 5.58. The Bertz CT molecular complexity index is 574. The highest BCUT2D eigenvalue weighted by Gasteiger charge is 2.15. The lowest BCUT2D eigenvalue weighted by atomic mass is 10.1. The fourth-order valence-corrected chi connectivity index (χ4v) is 3.00. The maximum absolute atomic E-state index is 9.67. The third-order valence-electron chi connectivity index (χ3n) is 4.11. The smallest absolute Gasteiger partial charge is 0.134 e. The van der Waals surface area contributed by atoms with Crippen LogP contribution in [0.4, 0.5) is 5.82 Å². The Morgan fingerprint density at radius 2 is 1.70 bits per heavy atom. The molecule has 0 saturated carbocycles. The number of fused-ring (bicyclic) bond motifs is 1. The van der Waals surface area contributed by atoms with Crippen LogP contribution in [0.3, 0.4) is 0 Å². The van der Waals surface area contributed by atoms with Crippen molar-refractivity contribution >= 4 is 16.7 Å². The quantitative estimate of drug-likeness (QED) is 0.907. The maximum atomic E-state index is 9.67. The molecular weight excluding hydrogens is 248 g/mol. The van der Waals surface area contributed by atoms with Gasteiger partial charge in [-0.05, 0) is 25.0 Å². The Kier molecular flexibility index (Phi) is 4.16. The van der Waals surface area contributed by atoms with Crippen LogP contribution < -0.4 is 4.90 Å². The van der Waals surface area contributed by atoms with E-state index in [1.54, 1.807) is 0 Å². The van der Waals surface area contributed by atoms with E-state index in [9.17, 15) is 5.11 Å². The average Bonchev–Trinajstić information content (AvgIpc) is 2.46. The number of rotatable bonds is 2. The van der Waals surface area contributed by atoms with Crippen molar-refractivity contribution < 1.29 is 5.11 Å². The fourth-order valence-electron chi connectivity index (χ4n) is 3.00. The molecule has 1 saturated heterocycles. The van der Waals surface area contributed by atoms with Crippen LogP contribution in [0.2, 0.25) is 0 Å². The molecule has 0 amide bonds. The molecule has 0 radical (unpaired) electrons. The summed E-state index contributed by atoms with van der Waals surface area (Å²) < 4.78 is 0. The predicted octanol–water partition coefficient (Wildman–Crippen LogP) is 3.50. The molecule has 3 rings (SSSR count). The zero-order valence-electron chi connectivity index (χ0n) is 11.9. The van der Waals surface area contributed by atoms with Crippen LogP contribution in [0.25, 0.3) is 10.9 Å². The van der Waals surface area contributed by atoms with E-state index in [0.717, 1.165) is 35.4 Å². The number of anilines is 1. The first-order chi connectivity index (χ1) is 9.88. The third-order valence-corrected chi connectivity index (χ3v) is 4.11. The van der Waals surface area contributed by atoms with Gasteiger partial charge in [0.15, 0.2) is 0 Å². The van der Waals surface area contributed by atoms with E-state index >= 15 is 0 Å². The first kappa shape index (κ1) is 13.4. The number of nitrogens with zero attached hydrogens (tertiary/aromatic N) is 2. The van der Waals surface area contributed by atoms with Gasteiger partial charge in [0.1, 0.15) is 5.82 Å². The van der Waals surface area contributed by atoms with Crippen molar-refractivity contribution in [3.05, 3.63) is 35.9 Å². The predicted molar refractivity (Wildman–Crippen MR) is 83.0 cm³/mol. The molecule has 0 atom stereocenters. The number of pyridine rings is 1. The van der Waals surface area contributed by atoms with Gasteiger partial charge in [-0.25, -0.2) is 4.98 Å². The van der Waals surface area contributed by atoms with Gasteiger partial charge in [-0.15, -0.1) is 0 Å². The van der Waals surface area contributed by atoms with Crippen molar-refractivity contribution in [1.29, 1.82) is 0 Å². The maximum Gasteiger partial charge on any atom is 0.134 e. The largest absolute Gasteiger partial charge is 0.392 e. The van der Waals surface area contributed by atoms with Crippen molar-refractivity contribution in [1.82, 2.24) is 4.98 Å². The second-order valence-electron chi connectivity index (χ2n) is 5.58. The van der Waals surface area contributed by atoms with Gasteiger partial charge in [-0.3, -0.25) is 0 Å². The monoisotopic (exact) mass is 270 g/mol. The summed E-state index contributed by atoms with van der Waals surface area (Å²) in [4.78, 5) is 7.17. The summed E-state index contributed by atoms with van der Waals surface area (Å²) in [6, 6.07) is 10.2. The van der Waals surface area contributed by atoms with Gasteiger partial charge >= 0.3 is 0 Å². The zero-order chi connectivity index (χ0) is 13.8. The Morgan fingerprint density at radius 1 is 1.00 bits per heavy atom. The molecule has 3 nitrogen and oxygen atoms in total. The Labute approximate surface area is 120 Å². The van der Waals surface area contributed by atoms with Crippen molar-refractivity contribution in [2.45, 2.75) is 38.7 Å². The minimum atomic E-state index is 0.0592. The molecular formula is C17H22N2O. The highest BCUT2D eigenvalue weighted by atomic mass is 16.3. The average molecular weight is 270 g/mol. The SMILES string of the molecule is OCc1cc2ccccc2nc1N1CCCCCCC1. The molecule has 20 heavy (non-hydrogen) atoms. The Balaban J connectivity index is 1.99. The molecule has 106 valence electrons. The number of aliphatic hydroxyl groups excluding tert-OH is 1. The number of para-hydroxylation sites is 1. The van der Waals surface area contributed by atoms with E-state index in [0.29, 0.717) is 0 Å².